The lowest BCUT2D eigenvalue weighted by Gasteiger charge is -2.28. The first-order valence-electron chi connectivity index (χ1n) is 7.03. The summed E-state index contributed by atoms with van der Waals surface area (Å²) in [5.74, 6) is 0. The van der Waals surface area contributed by atoms with E-state index >= 15 is 0 Å². The Hall–Kier alpha value is -1.13. The number of aliphatic hydroxyl groups excluding tert-OH is 1. The maximum atomic E-state index is 8.06. The fourth-order valence-corrected chi connectivity index (χ4v) is 1.47. The van der Waals surface area contributed by atoms with Gasteiger partial charge in [0.2, 0.25) is 0 Å². The van der Waals surface area contributed by atoms with Crippen molar-refractivity contribution in [2.75, 3.05) is 31.2 Å². The summed E-state index contributed by atoms with van der Waals surface area (Å²) in [5, 5.41) is 8.06. The van der Waals surface area contributed by atoms with Crippen molar-refractivity contribution in [2.24, 2.45) is 0 Å². The first kappa shape index (κ1) is 17.9. The van der Waals surface area contributed by atoms with Gasteiger partial charge in [-0.1, -0.05) is 13.8 Å². The molecule has 0 saturated carbocycles. The van der Waals surface area contributed by atoms with Gasteiger partial charge in [-0.3, -0.25) is 4.98 Å². The molecule has 0 unspecified atom stereocenters. The second kappa shape index (κ2) is 10.8. The van der Waals surface area contributed by atoms with Crippen LogP contribution in [0.2, 0.25) is 0 Å². The first-order valence-corrected chi connectivity index (χ1v) is 7.03. The molecule has 1 aromatic heterocycles. The van der Waals surface area contributed by atoms with Crippen molar-refractivity contribution in [2.45, 2.75) is 40.7 Å². The normalized spacial score (nSPS) is 14.2. The third-order valence-electron chi connectivity index (χ3n) is 2.27. The third-order valence-corrected chi connectivity index (χ3v) is 2.27. The summed E-state index contributed by atoms with van der Waals surface area (Å²) in [6.07, 6.45) is 1.76. The van der Waals surface area contributed by atoms with E-state index in [-0.39, 0.29) is 6.10 Å². The molecule has 1 aromatic rings. The summed E-state index contributed by atoms with van der Waals surface area (Å²) in [5.41, 5.74) is 2.27. The van der Waals surface area contributed by atoms with Crippen LogP contribution in [0.15, 0.2) is 18.3 Å². The van der Waals surface area contributed by atoms with Crippen LogP contribution in [0.1, 0.15) is 33.4 Å². The number of pyridine rings is 1. The fourth-order valence-electron chi connectivity index (χ4n) is 1.47. The van der Waals surface area contributed by atoms with Crippen molar-refractivity contribution in [3.8, 4) is 0 Å². The first-order chi connectivity index (χ1) is 9.09. The molecule has 1 aliphatic rings. The summed E-state index contributed by atoms with van der Waals surface area (Å²) in [4.78, 5) is 6.57. The van der Waals surface area contributed by atoms with Gasteiger partial charge in [-0.25, -0.2) is 0 Å². The van der Waals surface area contributed by atoms with Crippen molar-refractivity contribution in [1.29, 1.82) is 0 Å². The van der Waals surface area contributed by atoms with E-state index in [1.54, 1.807) is 13.8 Å². The van der Waals surface area contributed by atoms with Crippen LogP contribution in [-0.4, -0.2) is 42.5 Å². The molecule has 2 rings (SSSR count). The Morgan fingerprint density at radius 3 is 2.16 bits per heavy atom. The van der Waals surface area contributed by atoms with Gasteiger partial charge in [0.15, 0.2) is 0 Å². The molecule has 0 amide bonds. The van der Waals surface area contributed by atoms with E-state index in [4.69, 9.17) is 9.84 Å². The van der Waals surface area contributed by atoms with E-state index < -0.39 is 0 Å². The predicted octanol–water partition coefficient (Wildman–Crippen LogP) is 2.64. The highest BCUT2D eigenvalue weighted by atomic mass is 16.5. The Morgan fingerprint density at radius 1 is 1.21 bits per heavy atom. The van der Waals surface area contributed by atoms with Crippen molar-refractivity contribution < 1.29 is 9.84 Å². The fraction of sp³-hybridized carbons (Fsp3) is 0.667. The number of aromatic nitrogens is 1. The van der Waals surface area contributed by atoms with E-state index in [0.29, 0.717) is 0 Å². The molecular formula is C15H28N2O2. The lowest BCUT2D eigenvalue weighted by atomic mass is 10.3. The molecule has 1 aliphatic heterocycles. The number of anilines is 1. The van der Waals surface area contributed by atoms with Crippen LogP contribution < -0.4 is 4.90 Å². The maximum absolute atomic E-state index is 8.06. The van der Waals surface area contributed by atoms with Gasteiger partial charge in [-0.05, 0) is 32.9 Å². The number of hydrogen-bond donors (Lipinski definition) is 1. The second-order valence-corrected chi connectivity index (χ2v) is 4.35. The third kappa shape index (κ3) is 8.56. The van der Waals surface area contributed by atoms with Crippen molar-refractivity contribution in [1.82, 2.24) is 4.98 Å². The number of nitrogens with zero attached hydrogens (tertiary/aromatic N) is 2. The average Bonchev–Trinajstić information content (AvgIpc) is 2.42. The quantitative estimate of drug-likeness (QED) is 0.850. The molecule has 1 N–H and O–H groups in total. The van der Waals surface area contributed by atoms with Gasteiger partial charge < -0.3 is 14.7 Å². The second-order valence-electron chi connectivity index (χ2n) is 4.35. The van der Waals surface area contributed by atoms with Crippen LogP contribution in [0.3, 0.4) is 0 Å². The molecule has 19 heavy (non-hydrogen) atoms. The smallest absolute Gasteiger partial charge is 0.0642 e. The Balaban J connectivity index is 0.000000467. The van der Waals surface area contributed by atoms with Crippen LogP contribution in [0.25, 0.3) is 0 Å². The Labute approximate surface area is 117 Å². The lowest BCUT2D eigenvalue weighted by molar-refractivity contribution is 0.122. The van der Waals surface area contributed by atoms with Crippen LogP contribution in [0, 0.1) is 6.92 Å². The van der Waals surface area contributed by atoms with Gasteiger partial charge in [0.25, 0.3) is 0 Å². The molecule has 0 bridgehead atoms. The monoisotopic (exact) mass is 268 g/mol. The predicted molar refractivity (Wildman–Crippen MR) is 80.7 cm³/mol. The van der Waals surface area contributed by atoms with Gasteiger partial charge in [0, 0.05) is 24.9 Å². The average molecular weight is 268 g/mol. The number of rotatable bonds is 1. The minimum atomic E-state index is -0.167. The van der Waals surface area contributed by atoms with Gasteiger partial charge in [0.1, 0.15) is 0 Å². The number of hydrogen-bond acceptors (Lipinski definition) is 4. The van der Waals surface area contributed by atoms with Gasteiger partial charge >= 0.3 is 0 Å². The van der Waals surface area contributed by atoms with Crippen LogP contribution in [0.4, 0.5) is 5.69 Å². The largest absolute Gasteiger partial charge is 0.394 e. The van der Waals surface area contributed by atoms with Gasteiger partial charge in [0.05, 0.1) is 25.1 Å². The molecule has 2 heterocycles. The standard InChI is InChI=1S/C10H14N2O.C3H8O.C2H6/c1-9-2-3-10(8-11-9)12-4-6-13-7-5-12;1-3(2)4;1-2/h2-3,8H,4-7H2,1H3;3-4H,1-2H3;1-2H3. The molecule has 0 aromatic carbocycles. The van der Waals surface area contributed by atoms with Crippen molar-refractivity contribution in [3.63, 3.8) is 0 Å². The number of ether oxygens (including phenoxy) is 1. The zero-order valence-corrected chi connectivity index (χ0v) is 12.9. The molecule has 1 saturated heterocycles. The summed E-state index contributed by atoms with van der Waals surface area (Å²) >= 11 is 0. The topological polar surface area (TPSA) is 45.6 Å². The maximum Gasteiger partial charge on any atom is 0.0642 e. The highest BCUT2D eigenvalue weighted by Crippen LogP contribution is 2.13. The van der Waals surface area contributed by atoms with E-state index in [1.165, 1.54) is 5.69 Å². The molecule has 4 heteroatoms. The van der Waals surface area contributed by atoms with Gasteiger partial charge in [-0.2, -0.15) is 0 Å². The van der Waals surface area contributed by atoms with E-state index in [2.05, 4.69) is 16.0 Å². The zero-order valence-electron chi connectivity index (χ0n) is 12.9. The molecule has 0 aliphatic carbocycles. The number of morpholine rings is 1. The molecule has 4 nitrogen and oxygen atoms in total. The van der Waals surface area contributed by atoms with E-state index in [0.717, 1.165) is 32.0 Å². The van der Waals surface area contributed by atoms with Crippen molar-refractivity contribution >= 4 is 5.69 Å². The summed E-state index contributed by atoms with van der Waals surface area (Å²) in [6, 6.07) is 4.17. The Morgan fingerprint density at radius 2 is 1.74 bits per heavy atom. The van der Waals surface area contributed by atoms with E-state index in [9.17, 15) is 0 Å². The highest BCUT2D eigenvalue weighted by Gasteiger charge is 2.10. The van der Waals surface area contributed by atoms with Crippen LogP contribution in [-0.2, 0) is 4.74 Å². The van der Waals surface area contributed by atoms with Gasteiger partial charge in [-0.15, -0.1) is 0 Å². The molecule has 0 atom stereocenters. The van der Waals surface area contributed by atoms with Crippen LogP contribution >= 0.6 is 0 Å². The Kier molecular flexibility index (Phi) is 10.1. The van der Waals surface area contributed by atoms with E-state index in [1.807, 2.05) is 33.0 Å². The number of aryl methyl sites for hydroxylation is 1. The molecule has 1 fully saturated rings. The molecule has 0 spiro atoms. The Bertz CT molecular complexity index is 304. The molecular weight excluding hydrogens is 240 g/mol. The number of aliphatic hydroxyl groups is 1. The summed E-state index contributed by atoms with van der Waals surface area (Å²) < 4.78 is 5.28. The SMILES string of the molecule is CC.CC(C)O.Cc1ccc(N2CCOCC2)cn1. The lowest BCUT2D eigenvalue weighted by Crippen LogP contribution is -2.36. The van der Waals surface area contributed by atoms with Crippen LogP contribution in [0.5, 0.6) is 0 Å². The minimum absolute atomic E-state index is 0.167. The molecule has 0 radical (unpaired) electrons. The minimum Gasteiger partial charge on any atom is -0.394 e. The zero-order chi connectivity index (χ0) is 14.7. The summed E-state index contributed by atoms with van der Waals surface area (Å²) in [6.45, 7) is 13.1. The summed E-state index contributed by atoms with van der Waals surface area (Å²) in [7, 11) is 0. The highest BCUT2D eigenvalue weighted by molar-refractivity contribution is 5.44. The molecule has 110 valence electrons. The van der Waals surface area contributed by atoms with Crippen molar-refractivity contribution in [3.05, 3.63) is 24.0 Å².